The third-order valence-corrected chi connectivity index (χ3v) is 10.4. The Bertz CT molecular complexity index is 1610. The molecule has 206 valence electrons. The van der Waals surface area contributed by atoms with Crippen LogP contribution in [0.25, 0.3) is 10.9 Å². The third-order valence-electron chi connectivity index (χ3n) is 8.88. The molecule has 4 aromatic rings. The van der Waals surface area contributed by atoms with Gasteiger partial charge < -0.3 is 15.4 Å². The molecule has 2 fully saturated rings. The van der Waals surface area contributed by atoms with Gasteiger partial charge in [-0.2, -0.15) is 0 Å². The molecule has 2 saturated heterocycles. The quantitative estimate of drug-likeness (QED) is 0.360. The van der Waals surface area contributed by atoms with Gasteiger partial charge in [0, 0.05) is 43.1 Å². The van der Waals surface area contributed by atoms with Gasteiger partial charge in [0.15, 0.2) is 0 Å². The summed E-state index contributed by atoms with van der Waals surface area (Å²) in [5.74, 6) is 1.19. The molecule has 8 nitrogen and oxygen atoms in total. The van der Waals surface area contributed by atoms with Crippen LogP contribution in [0.2, 0.25) is 5.02 Å². The van der Waals surface area contributed by atoms with Gasteiger partial charge >= 0.3 is 0 Å². The van der Waals surface area contributed by atoms with Crippen molar-refractivity contribution in [2.75, 3.05) is 31.2 Å². The van der Waals surface area contributed by atoms with Gasteiger partial charge in [0.05, 0.1) is 41.3 Å². The van der Waals surface area contributed by atoms with Crippen LogP contribution in [0.4, 0.5) is 5.82 Å². The zero-order valence-corrected chi connectivity index (χ0v) is 23.7. The van der Waals surface area contributed by atoms with Crippen LogP contribution in [-0.4, -0.2) is 45.8 Å². The van der Waals surface area contributed by atoms with Gasteiger partial charge in [-0.1, -0.05) is 47.6 Å². The molecule has 2 aromatic carbocycles. The molecule has 40 heavy (non-hydrogen) atoms. The van der Waals surface area contributed by atoms with Gasteiger partial charge in [0.1, 0.15) is 10.8 Å². The predicted octanol–water partition coefficient (Wildman–Crippen LogP) is 4.87. The van der Waals surface area contributed by atoms with Crippen LogP contribution in [-0.2, 0) is 17.7 Å². The molecule has 4 heterocycles. The number of halogens is 1. The van der Waals surface area contributed by atoms with E-state index in [1.165, 1.54) is 22.9 Å². The second-order valence-corrected chi connectivity index (χ2v) is 12.7. The summed E-state index contributed by atoms with van der Waals surface area (Å²) in [5, 5.41) is 1.56. The van der Waals surface area contributed by atoms with Crippen molar-refractivity contribution in [3.05, 3.63) is 81.6 Å². The first-order chi connectivity index (χ1) is 19.5. The van der Waals surface area contributed by atoms with E-state index in [-0.39, 0.29) is 17.0 Å². The lowest BCUT2D eigenvalue weighted by atomic mass is 9.73. The Balaban J connectivity index is 1.05. The lowest BCUT2D eigenvalue weighted by molar-refractivity contribution is 0.182. The first-order valence-corrected chi connectivity index (χ1v) is 15.0. The van der Waals surface area contributed by atoms with Crippen molar-refractivity contribution in [2.45, 2.75) is 48.2 Å². The standard InChI is InChI=1S/C30H31ClN6O2S/c31-27-23(6-5-22-26(27)29(38)37(18-35-22)16-19-7-12-39-17-19)40-25-15-33-24(14-34-25)36-10-8-30(9-11-36)13-20-3-1-2-4-21(20)28(30)32/h1-6,14-15,18-19,28H,7-13,16-17,32H2/t19?,28-/m0/s1. The van der Waals surface area contributed by atoms with E-state index in [1.807, 2.05) is 18.3 Å². The van der Waals surface area contributed by atoms with Crippen molar-refractivity contribution in [3.8, 4) is 0 Å². The summed E-state index contributed by atoms with van der Waals surface area (Å²) in [6, 6.07) is 12.4. The van der Waals surface area contributed by atoms with Crippen molar-refractivity contribution < 1.29 is 4.74 Å². The fourth-order valence-corrected chi connectivity index (χ4v) is 7.65. The second-order valence-electron chi connectivity index (χ2n) is 11.2. The van der Waals surface area contributed by atoms with Gasteiger partial charge in [0.25, 0.3) is 5.56 Å². The van der Waals surface area contributed by atoms with E-state index in [0.29, 0.717) is 35.0 Å². The summed E-state index contributed by atoms with van der Waals surface area (Å²) in [7, 11) is 0. The molecule has 1 spiro atoms. The largest absolute Gasteiger partial charge is 0.381 e. The van der Waals surface area contributed by atoms with Gasteiger partial charge in [-0.15, -0.1) is 0 Å². The first-order valence-electron chi connectivity index (χ1n) is 13.8. The normalized spacial score (nSPS) is 21.8. The highest BCUT2D eigenvalue weighted by atomic mass is 35.5. The zero-order chi connectivity index (χ0) is 27.3. The molecule has 0 saturated carbocycles. The number of hydrogen-bond donors (Lipinski definition) is 1. The van der Waals surface area contributed by atoms with Crippen molar-refractivity contribution in [2.24, 2.45) is 17.1 Å². The van der Waals surface area contributed by atoms with Crippen LogP contribution in [0, 0.1) is 11.3 Å². The number of hydrogen-bond acceptors (Lipinski definition) is 8. The molecule has 2 aromatic heterocycles. The van der Waals surface area contributed by atoms with Gasteiger partial charge in [-0.25, -0.2) is 15.0 Å². The molecule has 10 heteroatoms. The zero-order valence-electron chi connectivity index (χ0n) is 22.1. The molecular weight excluding hydrogens is 544 g/mol. The molecule has 2 aliphatic heterocycles. The Labute approximate surface area is 241 Å². The Kier molecular flexibility index (Phi) is 6.78. The van der Waals surface area contributed by atoms with Crippen LogP contribution in [0.15, 0.2) is 69.8 Å². The van der Waals surface area contributed by atoms with Crippen LogP contribution in [0.3, 0.4) is 0 Å². The van der Waals surface area contributed by atoms with E-state index < -0.39 is 0 Å². The maximum Gasteiger partial charge on any atom is 0.262 e. The van der Waals surface area contributed by atoms with E-state index in [1.54, 1.807) is 17.1 Å². The average molecular weight is 575 g/mol. The maximum absolute atomic E-state index is 13.3. The SMILES string of the molecule is N[C@H]1c2ccccc2CC12CCN(c1cnc(Sc3ccc4ncn(CC5CCOC5)c(=O)c4c3Cl)cn1)CC2. The van der Waals surface area contributed by atoms with Crippen LogP contribution in [0.5, 0.6) is 0 Å². The molecular formula is C30H31ClN6O2S. The number of aromatic nitrogens is 4. The molecule has 1 unspecified atom stereocenters. The number of ether oxygens (including phenoxy) is 1. The predicted molar refractivity (Wildman–Crippen MR) is 157 cm³/mol. The monoisotopic (exact) mass is 574 g/mol. The van der Waals surface area contributed by atoms with Crippen molar-refractivity contribution in [1.29, 1.82) is 0 Å². The highest BCUT2D eigenvalue weighted by Crippen LogP contribution is 2.50. The fraction of sp³-hybridized carbons (Fsp3) is 0.400. The Morgan fingerprint density at radius 1 is 1.10 bits per heavy atom. The number of rotatable bonds is 5. The van der Waals surface area contributed by atoms with E-state index in [4.69, 9.17) is 27.1 Å². The summed E-state index contributed by atoms with van der Waals surface area (Å²) >= 11 is 8.18. The van der Waals surface area contributed by atoms with E-state index >= 15 is 0 Å². The number of piperidine rings is 1. The summed E-state index contributed by atoms with van der Waals surface area (Å²) in [4.78, 5) is 30.2. The van der Waals surface area contributed by atoms with E-state index in [9.17, 15) is 4.79 Å². The molecule has 0 bridgehead atoms. The van der Waals surface area contributed by atoms with Gasteiger partial charge in [-0.05, 0) is 54.4 Å². The van der Waals surface area contributed by atoms with E-state index in [0.717, 1.165) is 61.1 Å². The van der Waals surface area contributed by atoms with Crippen molar-refractivity contribution >= 4 is 40.1 Å². The lowest BCUT2D eigenvalue weighted by Crippen LogP contribution is -2.44. The second kappa shape index (κ2) is 10.4. The Morgan fingerprint density at radius 3 is 2.70 bits per heavy atom. The highest BCUT2D eigenvalue weighted by Gasteiger charge is 2.45. The van der Waals surface area contributed by atoms with Gasteiger partial charge in [0.2, 0.25) is 0 Å². The number of nitrogens with zero attached hydrogens (tertiary/aromatic N) is 5. The van der Waals surface area contributed by atoms with Gasteiger partial charge in [-0.3, -0.25) is 9.36 Å². The van der Waals surface area contributed by atoms with Crippen LogP contribution >= 0.6 is 23.4 Å². The molecule has 7 rings (SSSR count). The number of nitrogens with two attached hydrogens (primary N) is 1. The summed E-state index contributed by atoms with van der Waals surface area (Å²) in [5.41, 5.74) is 10.0. The number of benzene rings is 2. The lowest BCUT2D eigenvalue weighted by Gasteiger charge is -2.42. The highest BCUT2D eigenvalue weighted by molar-refractivity contribution is 7.99. The summed E-state index contributed by atoms with van der Waals surface area (Å²) in [6.07, 6.45) is 9.29. The van der Waals surface area contributed by atoms with Crippen LogP contribution < -0.4 is 16.2 Å². The molecule has 0 amide bonds. The van der Waals surface area contributed by atoms with Crippen molar-refractivity contribution in [1.82, 2.24) is 19.5 Å². The average Bonchev–Trinajstić information content (AvgIpc) is 3.59. The molecule has 2 atom stereocenters. The number of anilines is 1. The molecule has 0 radical (unpaired) electrons. The van der Waals surface area contributed by atoms with E-state index in [2.05, 4.69) is 39.1 Å². The maximum atomic E-state index is 13.3. The summed E-state index contributed by atoms with van der Waals surface area (Å²) in [6.45, 7) is 3.81. The minimum atomic E-state index is -0.126. The minimum Gasteiger partial charge on any atom is -0.381 e. The Morgan fingerprint density at radius 2 is 1.95 bits per heavy atom. The molecule has 3 aliphatic rings. The summed E-state index contributed by atoms with van der Waals surface area (Å²) < 4.78 is 7.11. The molecule has 2 N–H and O–H groups in total. The minimum absolute atomic E-state index is 0.0958. The van der Waals surface area contributed by atoms with Crippen LogP contribution in [0.1, 0.15) is 36.4 Å². The Hall–Kier alpha value is -2.98. The molecule has 1 aliphatic carbocycles. The topological polar surface area (TPSA) is 99.2 Å². The van der Waals surface area contributed by atoms with Crippen molar-refractivity contribution in [3.63, 3.8) is 0 Å². The fourth-order valence-electron chi connectivity index (χ4n) is 6.52. The number of fused-ring (bicyclic) bond motifs is 2. The first kappa shape index (κ1) is 26.0. The smallest absolute Gasteiger partial charge is 0.262 e. The third kappa shape index (κ3) is 4.59.